The lowest BCUT2D eigenvalue weighted by molar-refractivity contribution is 0.0721. The van der Waals surface area contributed by atoms with E-state index in [0.29, 0.717) is 35.1 Å². The molecule has 6 heteroatoms. The lowest BCUT2D eigenvalue weighted by Gasteiger charge is -2.38. The molecule has 1 N–H and O–H groups in total. The first-order valence-corrected chi connectivity index (χ1v) is 8.99. The topological polar surface area (TPSA) is 67.2 Å². The van der Waals surface area contributed by atoms with Gasteiger partial charge in [0.1, 0.15) is 0 Å². The number of amides is 1. The summed E-state index contributed by atoms with van der Waals surface area (Å²) in [5.41, 5.74) is 0.159. The highest BCUT2D eigenvalue weighted by molar-refractivity contribution is 6.04. The van der Waals surface area contributed by atoms with Gasteiger partial charge >= 0.3 is 0 Å². The van der Waals surface area contributed by atoms with Gasteiger partial charge in [-0.05, 0) is 24.8 Å². The zero-order valence-electron chi connectivity index (χ0n) is 15.2. The number of carbonyl (C=O) groups is 1. The summed E-state index contributed by atoms with van der Waals surface area (Å²) in [5.74, 6) is 0.249. The van der Waals surface area contributed by atoms with Crippen molar-refractivity contribution in [3.8, 4) is 0 Å². The second-order valence-electron chi connectivity index (χ2n) is 7.04. The molecule has 2 heterocycles. The van der Waals surface area contributed by atoms with Crippen LogP contribution in [0.5, 0.6) is 0 Å². The summed E-state index contributed by atoms with van der Waals surface area (Å²) < 4.78 is 1.45. The molecule has 0 bridgehead atoms. The Morgan fingerprint density at radius 1 is 1.28 bits per heavy atom. The molecule has 0 saturated carbocycles. The number of hydrogen-bond donors (Lipinski definition) is 1. The van der Waals surface area contributed by atoms with Crippen LogP contribution in [0, 0.1) is 5.92 Å². The summed E-state index contributed by atoms with van der Waals surface area (Å²) in [6.45, 7) is 5.82. The lowest BCUT2D eigenvalue weighted by atomic mass is 9.93. The summed E-state index contributed by atoms with van der Waals surface area (Å²) in [5, 5.41) is 8.17. The highest BCUT2D eigenvalue weighted by Crippen LogP contribution is 2.23. The maximum absolute atomic E-state index is 12.9. The van der Waals surface area contributed by atoms with Crippen LogP contribution in [0.3, 0.4) is 0 Å². The van der Waals surface area contributed by atoms with Crippen molar-refractivity contribution in [2.45, 2.75) is 45.8 Å². The number of fused-ring (bicyclic) bond motifs is 1. The fourth-order valence-corrected chi connectivity index (χ4v) is 3.74. The zero-order valence-corrected chi connectivity index (χ0v) is 15.2. The molecule has 0 aliphatic carbocycles. The maximum atomic E-state index is 12.9. The van der Waals surface area contributed by atoms with Crippen molar-refractivity contribution < 1.29 is 4.79 Å². The van der Waals surface area contributed by atoms with E-state index in [1.54, 1.807) is 19.2 Å². The first kappa shape index (κ1) is 17.6. The van der Waals surface area contributed by atoms with Gasteiger partial charge in [0.15, 0.2) is 5.69 Å². The van der Waals surface area contributed by atoms with Crippen molar-refractivity contribution in [2.75, 3.05) is 13.6 Å². The smallest absolute Gasteiger partial charge is 0.275 e. The Kier molecular flexibility index (Phi) is 5.18. The maximum Gasteiger partial charge on any atom is 0.275 e. The van der Waals surface area contributed by atoms with E-state index in [1.807, 2.05) is 12.1 Å². The van der Waals surface area contributed by atoms with E-state index in [1.165, 1.54) is 11.1 Å². The molecule has 1 amide bonds. The molecule has 1 atom stereocenters. The minimum absolute atomic E-state index is 0.142. The third-order valence-corrected chi connectivity index (χ3v) is 5.06. The first-order valence-electron chi connectivity index (χ1n) is 8.99. The van der Waals surface area contributed by atoms with E-state index in [4.69, 9.17) is 0 Å². The van der Waals surface area contributed by atoms with Gasteiger partial charge in [0, 0.05) is 25.0 Å². The quantitative estimate of drug-likeness (QED) is 0.925. The van der Waals surface area contributed by atoms with Gasteiger partial charge in [0.05, 0.1) is 12.1 Å². The van der Waals surface area contributed by atoms with E-state index < -0.39 is 0 Å². The highest BCUT2D eigenvalue weighted by Gasteiger charge is 2.26. The number of carbonyl (C=O) groups excluding carboxylic acids is 1. The van der Waals surface area contributed by atoms with Gasteiger partial charge in [-0.1, -0.05) is 38.5 Å². The largest absolute Gasteiger partial charge is 0.354 e. The second-order valence-corrected chi connectivity index (χ2v) is 7.04. The predicted molar refractivity (Wildman–Crippen MR) is 98.6 cm³/mol. The van der Waals surface area contributed by atoms with Crippen LogP contribution in [0.4, 0.5) is 0 Å². The molecule has 2 aromatic rings. The van der Waals surface area contributed by atoms with Gasteiger partial charge in [0.25, 0.3) is 11.5 Å². The fourth-order valence-electron chi connectivity index (χ4n) is 3.74. The number of rotatable bonds is 4. The molecule has 1 aromatic carbocycles. The van der Waals surface area contributed by atoms with Crippen LogP contribution < -0.4 is 10.9 Å². The molecule has 3 rings (SSSR count). The van der Waals surface area contributed by atoms with E-state index >= 15 is 0 Å². The van der Waals surface area contributed by atoms with Crippen LogP contribution in [-0.4, -0.2) is 40.2 Å². The van der Waals surface area contributed by atoms with Gasteiger partial charge in [-0.3, -0.25) is 14.5 Å². The summed E-state index contributed by atoms with van der Waals surface area (Å²) in [7, 11) is 1.58. The number of nitrogens with zero attached hydrogens (tertiary/aromatic N) is 3. The Labute approximate surface area is 147 Å². The molecular formula is C19H26N4O2. The third-order valence-electron chi connectivity index (χ3n) is 5.06. The molecule has 0 radical (unpaired) electrons. The van der Waals surface area contributed by atoms with Gasteiger partial charge in [-0.2, -0.15) is 5.10 Å². The number of hydrogen-bond acceptors (Lipinski definition) is 4. The average Bonchev–Trinajstić information content (AvgIpc) is 2.63. The van der Waals surface area contributed by atoms with E-state index in [-0.39, 0.29) is 11.5 Å². The molecule has 25 heavy (non-hydrogen) atoms. The van der Waals surface area contributed by atoms with Crippen molar-refractivity contribution in [2.24, 2.45) is 5.92 Å². The predicted octanol–water partition coefficient (Wildman–Crippen LogP) is 2.22. The van der Waals surface area contributed by atoms with Crippen LogP contribution in [-0.2, 0) is 6.67 Å². The van der Waals surface area contributed by atoms with Crippen LogP contribution in [0.15, 0.2) is 29.1 Å². The normalized spacial score (nSPS) is 18.6. The summed E-state index contributed by atoms with van der Waals surface area (Å²) in [4.78, 5) is 27.5. The molecule has 1 aliphatic rings. The van der Waals surface area contributed by atoms with E-state index in [0.717, 1.165) is 19.4 Å². The molecule has 1 saturated heterocycles. The highest BCUT2D eigenvalue weighted by atomic mass is 16.2. The number of aromatic nitrogens is 2. The Bertz CT molecular complexity index is 828. The third kappa shape index (κ3) is 3.44. The van der Waals surface area contributed by atoms with Crippen molar-refractivity contribution in [1.82, 2.24) is 20.0 Å². The molecule has 1 fully saturated rings. The van der Waals surface area contributed by atoms with Crippen LogP contribution in [0.25, 0.3) is 10.8 Å². The Hall–Kier alpha value is -2.21. The fraction of sp³-hybridized carbons (Fsp3) is 0.526. The van der Waals surface area contributed by atoms with Crippen LogP contribution >= 0.6 is 0 Å². The van der Waals surface area contributed by atoms with Gasteiger partial charge in [-0.25, -0.2) is 4.68 Å². The molecule has 1 aromatic heterocycles. The number of piperidine rings is 1. The van der Waals surface area contributed by atoms with Crippen LogP contribution in [0.1, 0.15) is 43.6 Å². The second kappa shape index (κ2) is 7.35. The summed E-state index contributed by atoms with van der Waals surface area (Å²) >= 11 is 0. The summed E-state index contributed by atoms with van der Waals surface area (Å²) in [6.07, 6.45) is 3.50. The Balaban J connectivity index is 2.05. The minimum Gasteiger partial charge on any atom is -0.354 e. The lowest BCUT2D eigenvalue weighted by Crippen LogP contribution is -2.46. The Morgan fingerprint density at radius 2 is 2.00 bits per heavy atom. The minimum atomic E-state index is -0.274. The summed E-state index contributed by atoms with van der Waals surface area (Å²) in [6, 6.07) is 7.62. The van der Waals surface area contributed by atoms with Crippen molar-refractivity contribution >= 4 is 16.7 Å². The molecule has 0 spiro atoms. The van der Waals surface area contributed by atoms with Crippen molar-refractivity contribution in [1.29, 1.82) is 0 Å². The first-order chi connectivity index (χ1) is 12.0. The molecule has 1 unspecified atom stereocenters. The van der Waals surface area contributed by atoms with Crippen molar-refractivity contribution in [3.05, 3.63) is 40.3 Å². The van der Waals surface area contributed by atoms with Crippen LogP contribution in [0.2, 0.25) is 0 Å². The molecule has 6 nitrogen and oxygen atoms in total. The van der Waals surface area contributed by atoms with Gasteiger partial charge in [-0.15, -0.1) is 0 Å². The Morgan fingerprint density at radius 3 is 2.68 bits per heavy atom. The number of benzene rings is 1. The SMILES string of the molecule is CNC(=O)c1nn(CN2CCCCC2C(C)C)c(=O)c2ccccc12. The van der Waals surface area contributed by atoms with E-state index in [2.05, 4.69) is 29.2 Å². The van der Waals surface area contributed by atoms with E-state index in [9.17, 15) is 9.59 Å². The number of nitrogens with one attached hydrogen (secondary N) is 1. The number of likely N-dealkylation sites (tertiary alicyclic amines) is 1. The van der Waals surface area contributed by atoms with Crippen molar-refractivity contribution in [3.63, 3.8) is 0 Å². The van der Waals surface area contributed by atoms with Gasteiger partial charge in [0.2, 0.25) is 0 Å². The standard InChI is InChI=1S/C19H26N4O2/c1-13(2)16-10-6-7-11-22(16)12-23-19(25)15-9-5-4-8-14(15)17(21-23)18(24)20-3/h4-5,8-9,13,16H,6-7,10-12H2,1-3H3,(H,20,24). The molecule has 1 aliphatic heterocycles. The zero-order chi connectivity index (χ0) is 18.0. The monoisotopic (exact) mass is 342 g/mol. The van der Waals surface area contributed by atoms with Gasteiger partial charge < -0.3 is 5.32 Å². The average molecular weight is 342 g/mol. The molecular weight excluding hydrogens is 316 g/mol. The molecule has 134 valence electrons.